The Labute approximate surface area is 129 Å². The van der Waals surface area contributed by atoms with E-state index in [0.29, 0.717) is 49.4 Å². The molecule has 0 bridgehead atoms. The van der Waals surface area contributed by atoms with Crippen molar-refractivity contribution < 1.29 is 9.59 Å². The minimum Gasteiger partial charge on any atom is -0.339 e. The average molecular weight is 310 g/mol. The first-order valence-corrected chi connectivity index (χ1v) is 7.55. The van der Waals surface area contributed by atoms with E-state index < -0.39 is 0 Å². The second kappa shape index (κ2) is 6.89. The lowest BCUT2D eigenvalue weighted by atomic mass is 10.1. The number of hydrogen-bond donors (Lipinski definition) is 0. The Kier molecular flexibility index (Phi) is 5.17. The lowest BCUT2D eigenvalue weighted by molar-refractivity contribution is -0.133. The van der Waals surface area contributed by atoms with Gasteiger partial charge in [-0.25, -0.2) is 4.98 Å². The summed E-state index contributed by atoms with van der Waals surface area (Å²) in [7, 11) is 0. The molecule has 0 aromatic carbocycles. The number of nitrogens with zero attached hydrogens (tertiary/aromatic N) is 3. The lowest BCUT2D eigenvalue weighted by Crippen LogP contribution is -2.50. The standard InChI is InChI=1S/C15H20ClN3O2/c1-11(2)10-14(20)18-6-8-19(9-7-18)15(21)12-4-3-5-13(16)17-12/h3-5,11H,6-10H2,1-2H3. The fourth-order valence-electron chi connectivity index (χ4n) is 2.33. The molecule has 2 rings (SSSR count). The van der Waals surface area contributed by atoms with E-state index in [9.17, 15) is 9.59 Å². The van der Waals surface area contributed by atoms with Crippen LogP contribution in [0.4, 0.5) is 0 Å². The first kappa shape index (κ1) is 15.8. The third-order valence-electron chi connectivity index (χ3n) is 3.44. The van der Waals surface area contributed by atoms with E-state index in [-0.39, 0.29) is 11.8 Å². The van der Waals surface area contributed by atoms with Gasteiger partial charge in [0.15, 0.2) is 0 Å². The molecule has 0 aliphatic carbocycles. The van der Waals surface area contributed by atoms with E-state index in [1.807, 2.05) is 18.7 Å². The second-order valence-corrected chi connectivity index (χ2v) is 6.00. The molecular weight excluding hydrogens is 290 g/mol. The van der Waals surface area contributed by atoms with Crippen LogP contribution in [-0.4, -0.2) is 52.8 Å². The number of halogens is 1. The van der Waals surface area contributed by atoms with E-state index in [2.05, 4.69) is 4.98 Å². The molecule has 1 aliphatic heterocycles. The van der Waals surface area contributed by atoms with Crippen molar-refractivity contribution in [2.24, 2.45) is 5.92 Å². The molecule has 0 N–H and O–H groups in total. The fourth-order valence-corrected chi connectivity index (χ4v) is 2.49. The number of rotatable bonds is 3. The normalized spacial score (nSPS) is 15.4. The molecular formula is C15H20ClN3O2. The summed E-state index contributed by atoms with van der Waals surface area (Å²) in [6.07, 6.45) is 0.559. The zero-order valence-corrected chi connectivity index (χ0v) is 13.1. The van der Waals surface area contributed by atoms with Crippen LogP contribution in [0, 0.1) is 5.92 Å². The molecule has 2 amide bonds. The van der Waals surface area contributed by atoms with Crippen molar-refractivity contribution >= 4 is 23.4 Å². The van der Waals surface area contributed by atoms with Crippen LogP contribution in [-0.2, 0) is 4.79 Å². The van der Waals surface area contributed by atoms with Crippen molar-refractivity contribution in [3.8, 4) is 0 Å². The van der Waals surface area contributed by atoms with Gasteiger partial charge in [0.25, 0.3) is 5.91 Å². The number of aromatic nitrogens is 1. The van der Waals surface area contributed by atoms with E-state index in [4.69, 9.17) is 11.6 Å². The van der Waals surface area contributed by atoms with Gasteiger partial charge in [-0.15, -0.1) is 0 Å². The minimum atomic E-state index is -0.131. The predicted molar refractivity (Wildman–Crippen MR) is 81.2 cm³/mol. The van der Waals surface area contributed by atoms with Crippen LogP contribution in [0.25, 0.3) is 0 Å². The van der Waals surface area contributed by atoms with Crippen molar-refractivity contribution in [1.29, 1.82) is 0 Å². The van der Waals surface area contributed by atoms with Crippen LogP contribution < -0.4 is 0 Å². The summed E-state index contributed by atoms with van der Waals surface area (Å²) in [4.78, 5) is 31.9. The van der Waals surface area contributed by atoms with Gasteiger partial charge in [-0.2, -0.15) is 0 Å². The monoisotopic (exact) mass is 309 g/mol. The van der Waals surface area contributed by atoms with Crippen molar-refractivity contribution in [1.82, 2.24) is 14.8 Å². The molecule has 1 aromatic heterocycles. The third-order valence-corrected chi connectivity index (χ3v) is 3.65. The highest BCUT2D eigenvalue weighted by atomic mass is 35.5. The van der Waals surface area contributed by atoms with Gasteiger partial charge in [0.2, 0.25) is 5.91 Å². The summed E-state index contributed by atoms with van der Waals surface area (Å²) in [6, 6.07) is 5.01. The Bertz CT molecular complexity index is 525. The summed E-state index contributed by atoms with van der Waals surface area (Å²) in [5, 5.41) is 0.312. The number of piperazine rings is 1. The molecule has 2 heterocycles. The fraction of sp³-hybridized carbons (Fsp3) is 0.533. The Hall–Kier alpha value is -1.62. The Balaban J connectivity index is 1.92. The first-order valence-electron chi connectivity index (χ1n) is 7.17. The summed E-state index contributed by atoms with van der Waals surface area (Å²) in [5.74, 6) is 0.388. The Morgan fingerprint density at radius 3 is 2.38 bits per heavy atom. The van der Waals surface area contributed by atoms with Gasteiger partial charge in [0, 0.05) is 32.6 Å². The maximum atomic E-state index is 12.3. The first-order chi connectivity index (χ1) is 9.97. The van der Waals surface area contributed by atoms with Gasteiger partial charge in [-0.3, -0.25) is 9.59 Å². The molecule has 21 heavy (non-hydrogen) atoms. The van der Waals surface area contributed by atoms with Gasteiger partial charge in [-0.1, -0.05) is 31.5 Å². The van der Waals surface area contributed by atoms with Crippen LogP contribution in [0.1, 0.15) is 30.8 Å². The summed E-state index contributed by atoms with van der Waals surface area (Å²) in [5.41, 5.74) is 0.351. The number of hydrogen-bond acceptors (Lipinski definition) is 3. The van der Waals surface area contributed by atoms with Crippen LogP contribution in [0.5, 0.6) is 0 Å². The molecule has 0 unspecified atom stereocenters. The summed E-state index contributed by atoms with van der Waals surface area (Å²) >= 11 is 5.81. The number of pyridine rings is 1. The van der Waals surface area contributed by atoms with Crippen molar-refractivity contribution in [2.75, 3.05) is 26.2 Å². The number of amides is 2. The molecule has 6 heteroatoms. The molecule has 1 fully saturated rings. The number of carbonyl (C=O) groups excluding carboxylic acids is 2. The van der Waals surface area contributed by atoms with Gasteiger partial charge >= 0.3 is 0 Å². The largest absolute Gasteiger partial charge is 0.339 e. The molecule has 0 spiro atoms. The summed E-state index contributed by atoms with van der Waals surface area (Å²) in [6.45, 7) is 6.30. The highest BCUT2D eigenvalue weighted by Crippen LogP contribution is 2.12. The molecule has 114 valence electrons. The van der Waals surface area contributed by atoms with E-state index in [1.165, 1.54) is 0 Å². The molecule has 5 nitrogen and oxygen atoms in total. The maximum absolute atomic E-state index is 12.3. The van der Waals surface area contributed by atoms with Crippen molar-refractivity contribution in [2.45, 2.75) is 20.3 Å². The SMILES string of the molecule is CC(C)CC(=O)N1CCN(C(=O)c2cccc(Cl)n2)CC1. The Morgan fingerprint density at radius 1 is 1.19 bits per heavy atom. The molecule has 1 aliphatic rings. The van der Waals surface area contributed by atoms with Gasteiger partial charge < -0.3 is 9.80 Å². The van der Waals surface area contributed by atoms with Crippen LogP contribution in [0.3, 0.4) is 0 Å². The van der Waals surface area contributed by atoms with Crippen LogP contribution in [0.2, 0.25) is 5.15 Å². The zero-order chi connectivity index (χ0) is 15.4. The predicted octanol–water partition coefficient (Wildman–Crippen LogP) is 2.07. The molecule has 1 aromatic rings. The highest BCUT2D eigenvalue weighted by molar-refractivity contribution is 6.29. The van der Waals surface area contributed by atoms with Crippen LogP contribution >= 0.6 is 11.6 Å². The van der Waals surface area contributed by atoms with Crippen molar-refractivity contribution in [3.63, 3.8) is 0 Å². The zero-order valence-electron chi connectivity index (χ0n) is 12.4. The van der Waals surface area contributed by atoms with Crippen molar-refractivity contribution in [3.05, 3.63) is 29.0 Å². The topological polar surface area (TPSA) is 53.5 Å². The quantitative estimate of drug-likeness (QED) is 0.803. The van der Waals surface area contributed by atoms with E-state index >= 15 is 0 Å². The molecule has 1 saturated heterocycles. The molecule has 0 radical (unpaired) electrons. The maximum Gasteiger partial charge on any atom is 0.272 e. The lowest BCUT2D eigenvalue weighted by Gasteiger charge is -2.35. The Morgan fingerprint density at radius 2 is 1.81 bits per heavy atom. The summed E-state index contributed by atoms with van der Waals surface area (Å²) < 4.78 is 0. The van der Waals surface area contributed by atoms with Gasteiger partial charge in [0.05, 0.1) is 0 Å². The number of carbonyl (C=O) groups is 2. The average Bonchev–Trinajstić information content (AvgIpc) is 2.46. The van der Waals surface area contributed by atoms with E-state index in [1.54, 1.807) is 23.1 Å². The smallest absolute Gasteiger partial charge is 0.272 e. The molecule has 0 saturated carbocycles. The third kappa shape index (κ3) is 4.17. The highest BCUT2D eigenvalue weighted by Gasteiger charge is 2.25. The second-order valence-electron chi connectivity index (χ2n) is 5.62. The van der Waals surface area contributed by atoms with Crippen LogP contribution in [0.15, 0.2) is 18.2 Å². The van der Waals surface area contributed by atoms with Gasteiger partial charge in [-0.05, 0) is 18.1 Å². The minimum absolute atomic E-state index is 0.131. The molecule has 0 atom stereocenters. The van der Waals surface area contributed by atoms with Gasteiger partial charge in [0.1, 0.15) is 10.8 Å². The van der Waals surface area contributed by atoms with E-state index in [0.717, 1.165) is 0 Å².